The van der Waals surface area contributed by atoms with E-state index in [2.05, 4.69) is 56.9 Å². The van der Waals surface area contributed by atoms with Crippen LogP contribution in [0.5, 0.6) is 0 Å². The van der Waals surface area contributed by atoms with Gasteiger partial charge in [-0.25, -0.2) is 4.98 Å². The van der Waals surface area contributed by atoms with E-state index in [-0.39, 0.29) is 0 Å². The van der Waals surface area contributed by atoms with Gasteiger partial charge in [0.25, 0.3) is 5.78 Å². The van der Waals surface area contributed by atoms with Crippen molar-refractivity contribution >= 4 is 16.7 Å². The summed E-state index contributed by atoms with van der Waals surface area (Å²) in [5.74, 6) is 2.33. The van der Waals surface area contributed by atoms with Crippen molar-refractivity contribution in [1.29, 1.82) is 0 Å². The molecule has 3 aromatic heterocycles. The van der Waals surface area contributed by atoms with Gasteiger partial charge < -0.3 is 0 Å². The summed E-state index contributed by atoms with van der Waals surface area (Å²) in [7, 11) is 0. The summed E-state index contributed by atoms with van der Waals surface area (Å²) in [4.78, 5) is 8.83. The van der Waals surface area contributed by atoms with Crippen LogP contribution < -0.4 is 0 Å². The predicted molar refractivity (Wildman–Crippen MR) is 81.8 cm³/mol. The molecule has 21 heavy (non-hydrogen) atoms. The molecule has 1 aromatic carbocycles. The maximum absolute atomic E-state index is 4.48. The lowest BCUT2D eigenvalue weighted by Gasteiger charge is -2.10. The molecular formula is C16H15N5. The van der Waals surface area contributed by atoms with Crippen LogP contribution in [0.1, 0.15) is 17.2 Å². The topological polar surface area (TPSA) is 48.0 Å². The molecule has 0 aliphatic carbocycles. The standard InChI is InChI=1S/C16H15N5/c1-10-8-15(21-16(17-10)18-12(3)19-21)20-11(2)9-13-6-4-5-7-14(13)20/h4-9H,1-3H3. The van der Waals surface area contributed by atoms with Crippen LogP contribution in [-0.2, 0) is 0 Å². The molecule has 0 unspecified atom stereocenters. The van der Waals surface area contributed by atoms with Crippen molar-refractivity contribution in [2.24, 2.45) is 0 Å². The van der Waals surface area contributed by atoms with E-state index in [1.807, 2.05) is 24.4 Å². The molecule has 0 saturated carbocycles. The Kier molecular flexibility index (Phi) is 2.39. The van der Waals surface area contributed by atoms with Crippen LogP contribution in [0.2, 0.25) is 0 Å². The first-order valence-corrected chi connectivity index (χ1v) is 6.92. The number of hydrogen-bond donors (Lipinski definition) is 0. The molecular weight excluding hydrogens is 262 g/mol. The smallest absolute Gasteiger partial charge is 0.254 e. The summed E-state index contributed by atoms with van der Waals surface area (Å²) >= 11 is 0. The van der Waals surface area contributed by atoms with Crippen LogP contribution in [0.25, 0.3) is 22.5 Å². The lowest BCUT2D eigenvalue weighted by Crippen LogP contribution is -2.07. The van der Waals surface area contributed by atoms with Crippen molar-refractivity contribution < 1.29 is 0 Å². The van der Waals surface area contributed by atoms with Crippen molar-refractivity contribution in [3.05, 3.63) is 53.6 Å². The largest absolute Gasteiger partial charge is 0.298 e. The van der Waals surface area contributed by atoms with Crippen LogP contribution in [0.3, 0.4) is 0 Å². The van der Waals surface area contributed by atoms with E-state index >= 15 is 0 Å². The molecule has 0 N–H and O–H groups in total. The van der Waals surface area contributed by atoms with Crippen molar-refractivity contribution in [3.63, 3.8) is 0 Å². The Labute approximate surface area is 121 Å². The monoisotopic (exact) mass is 277 g/mol. The highest BCUT2D eigenvalue weighted by atomic mass is 15.4. The molecule has 0 amide bonds. The quantitative estimate of drug-likeness (QED) is 0.537. The van der Waals surface area contributed by atoms with Gasteiger partial charge in [-0.2, -0.15) is 9.50 Å². The summed E-state index contributed by atoms with van der Waals surface area (Å²) < 4.78 is 4.01. The molecule has 0 saturated heterocycles. The van der Waals surface area contributed by atoms with Crippen LogP contribution >= 0.6 is 0 Å². The maximum atomic E-state index is 4.48. The molecule has 5 nitrogen and oxygen atoms in total. The second kappa shape index (κ2) is 4.15. The minimum absolute atomic E-state index is 0.639. The van der Waals surface area contributed by atoms with Crippen molar-refractivity contribution in [1.82, 2.24) is 24.1 Å². The zero-order valence-electron chi connectivity index (χ0n) is 12.2. The minimum atomic E-state index is 0.639. The second-order valence-electron chi connectivity index (χ2n) is 5.31. The van der Waals surface area contributed by atoms with E-state index in [4.69, 9.17) is 0 Å². The Bertz CT molecular complexity index is 977. The van der Waals surface area contributed by atoms with Gasteiger partial charge in [-0.1, -0.05) is 18.2 Å². The molecule has 5 heteroatoms. The normalized spacial score (nSPS) is 11.6. The number of benzene rings is 1. The first kappa shape index (κ1) is 12.1. The average Bonchev–Trinajstić information content (AvgIpc) is 2.96. The van der Waals surface area contributed by atoms with Gasteiger partial charge in [0.05, 0.1) is 5.52 Å². The Hall–Kier alpha value is -2.69. The van der Waals surface area contributed by atoms with Crippen LogP contribution in [0.15, 0.2) is 36.4 Å². The van der Waals surface area contributed by atoms with Gasteiger partial charge in [0.2, 0.25) is 0 Å². The van der Waals surface area contributed by atoms with Gasteiger partial charge in [-0.05, 0) is 32.9 Å². The summed E-state index contributed by atoms with van der Waals surface area (Å²) in [6.07, 6.45) is 0. The molecule has 0 fully saturated rings. The Morgan fingerprint density at radius 3 is 2.62 bits per heavy atom. The Morgan fingerprint density at radius 2 is 1.76 bits per heavy atom. The SMILES string of the molecule is Cc1cc(-n2c(C)cc3ccccc32)n2nc(C)nc2n1. The van der Waals surface area contributed by atoms with Gasteiger partial charge in [-0.3, -0.25) is 4.57 Å². The van der Waals surface area contributed by atoms with E-state index in [9.17, 15) is 0 Å². The highest BCUT2D eigenvalue weighted by molar-refractivity contribution is 5.83. The van der Waals surface area contributed by atoms with Crippen LogP contribution in [0, 0.1) is 20.8 Å². The first-order chi connectivity index (χ1) is 10.1. The number of para-hydroxylation sites is 1. The molecule has 0 radical (unpaired) electrons. The van der Waals surface area contributed by atoms with Gasteiger partial charge >= 0.3 is 0 Å². The summed E-state index contributed by atoms with van der Waals surface area (Å²) in [5, 5.41) is 5.70. The van der Waals surface area contributed by atoms with Crippen molar-refractivity contribution in [2.75, 3.05) is 0 Å². The van der Waals surface area contributed by atoms with Crippen molar-refractivity contribution in [2.45, 2.75) is 20.8 Å². The van der Waals surface area contributed by atoms with Gasteiger partial charge in [0, 0.05) is 22.8 Å². The second-order valence-corrected chi connectivity index (χ2v) is 5.31. The highest BCUT2D eigenvalue weighted by Crippen LogP contribution is 2.24. The van der Waals surface area contributed by atoms with E-state index in [1.54, 1.807) is 0 Å². The fourth-order valence-electron chi connectivity index (χ4n) is 2.82. The summed E-state index contributed by atoms with van der Waals surface area (Å²) in [6.45, 7) is 5.97. The molecule has 3 heterocycles. The Morgan fingerprint density at radius 1 is 0.952 bits per heavy atom. The molecule has 0 aliphatic rings. The molecule has 0 spiro atoms. The van der Waals surface area contributed by atoms with E-state index < -0.39 is 0 Å². The zero-order valence-corrected chi connectivity index (χ0v) is 12.2. The van der Waals surface area contributed by atoms with Crippen LogP contribution in [-0.4, -0.2) is 24.1 Å². The van der Waals surface area contributed by atoms with E-state index in [1.165, 1.54) is 5.39 Å². The van der Waals surface area contributed by atoms with Gasteiger partial charge in [0.1, 0.15) is 11.6 Å². The third-order valence-electron chi connectivity index (χ3n) is 3.65. The molecule has 0 aliphatic heterocycles. The number of hydrogen-bond acceptors (Lipinski definition) is 3. The summed E-state index contributed by atoms with van der Waals surface area (Å²) in [5.41, 5.74) is 3.26. The predicted octanol–water partition coefficient (Wildman–Crippen LogP) is 2.99. The number of nitrogens with zero attached hydrogens (tertiary/aromatic N) is 5. The molecule has 4 aromatic rings. The van der Waals surface area contributed by atoms with Gasteiger partial charge in [-0.15, -0.1) is 5.10 Å². The third-order valence-corrected chi connectivity index (χ3v) is 3.65. The molecule has 0 bridgehead atoms. The molecule has 4 rings (SSSR count). The summed E-state index contributed by atoms with van der Waals surface area (Å²) in [6, 6.07) is 12.6. The molecule has 0 atom stereocenters. The first-order valence-electron chi connectivity index (χ1n) is 6.92. The number of rotatable bonds is 1. The number of aromatic nitrogens is 5. The van der Waals surface area contributed by atoms with E-state index in [0.717, 1.165) is 28.5 Å². The maximum Gasteiger partial charge on any atom is 0.254 e. The zero-order chi connectivity index (χ0) is 14.6. The Balaban J connectivity index is 2.15. The average molecular weight is 277 g/mol. The van der Waals surface area contributed by atoms with E-state index in [0.29, 0.717) is 5.78 Å². The lowest BCUT2D eigenvalue weighted by atomic mass is 10.2. The third kappa shape index (κ3) is 1.74. The minimum Gasteiger partial charge on any atom is -0.298 e. The van der Waals surface area contributed by atoms with Crippen molar-refractivity contribution in [3.8, 4) is 5.82 Å². The lowest BCUT2D eigenvalue weighted by molar-refractivity contribution is 0.839. The number of aryl methyl sites for hydroxylation is 3. The highest BCUT2D eigenvalue weighted by Gasteiger charge is 2.13. The fraction of sp³-hybridized carbons (Fsp3) is 0.188. The fourth-order valence-corrected chi connectivity index (χ4v) is 2.82. The number of fused-ring (bicyclic) bond motifs is 2. The van der Waals surface area contributed by atoms with Crippen LogP contribution in [0.4, 0.5) is 0 Å². The van der Waals surface area contributed by atoms with Gasteiger partial charge in [0.15, 0.2) is 0 Å². The molecule has 104 valence electrons.